The molecule has 0 rings (SSSR count). The molecule has 120 valence electrons. The summed E-state index contributed by atoms with van der Waals surface area (Å²) in [6, 6.07) is -0.415. The fourth-order valence-corrected chi connectivity index (χ4v) is 1.27. The van der Waals surface area contributed by atoms with Crippen molar-refractivity contribution >= 4 is 12.0 Å². The second kappa shape index (κ2) is 9.05. The summed E-state index contributed by atoms with van der Waals surface area (Å²) in [6.07, 6.45) is 2.13. The van der Waals surface area contributed by atoms with Gasteiger partial charge in [-0.1, -0.05) is 33.9 Å². The molecule has 2 N–H and O–H groups in total. The Bertz CT molecular complexity index is 391. The largest absolute Gasteiger partial charge is 0.467 e. The minimum absolute atomic E-state index is 0.0145. The van der Waals surface area contributed by atoms with Crippen LogP contribution in [-0.4, -0.2) is 31.2 Å². The standard InChI is InChI=1S/C15H26N2O4/c1-7-15(5,6)12(4)17-14(19)16-9-13(18)21-10-11(3)20-8-2/h8,12H,2-3,7,9-10H2,1,4-6H3,(H2,16,17,19). The molecule has 0 aliphatic rings. The Kier molecular flexibility index (Phi) is 8.19. The van der Waals surface area contributed by atoms with E-state index in [9.17, 15) is 9.59 Å². The molecule has 6 heteroatoms. The smallest absolute Gasteiger partial charge is 0.325 e. The van der Waals surface area contributed by atoms with Crippen molar-refractivity contribution < 1.29 is 19.1 Å². The molecule has 0 aliphatic heterocycles. The zero-order chi connectivity index (χ0) is 16.5. The van der Waals surface area contributed by atoms with Gasteiger partial charge in [-0.25, -0.2) is 4.79 Å². The van der Waals surface area contributed by atoms with Gasteiger partial charge in [0.2, 0.25) is 0 Å². The summed E-state index contributed by atoms with van der Waals surface area (Å²) in [5.41, 5.74) is -0.0163. The fourth-order valence-electron chi connectivity index (χ4n) is 1.27. The van der Waals surface area contributed by atoms with Crippen LogP contribution in [0.15, 0.2) is 25.2 Å². The summed E-state index contributed by atoms with van der Waals surface area (Å²) >= 11 is 0. The number of ether oxygens (including phenoxy) is 2. The number of amides is 2. The molecule has 0 bridgehead atoms. The van der Waals surface area contributed by atoms with Crippen molar-refractivity contribution in [3.05, 3.63) is 25.2 Å². The van der Waals surface area contributed by atoms with E-state index in [4.69, 9.17) is 9.47 Å². The van der Waals surface area contributed by atoms with Crippen LogP contribution in [0, 0.1) is 5.41 Å². The number of esters is 1. The molecular formula is C15H26N2O4. The lowest BCUT2D eigenvalue weighted by molar-refractivity contribution is -0.142. The second-order valence-electron chi connectivity index (χ2n) is 5.37. The molecule has 0 spiro atoms. The predicted octanol–water partition coefficient (Wildman–Crippen LogP) is 2.33. The third kappa shape index (κ3) is 8.02. The van der Waals surface area contributed by atoms with E-state index in [1.54, 1.807) is 0 Å². The Morgan fingerprint density at radius 2 is 2.00 bits per heavy atom. The average Bonchev–Trinajstić information content (AvgIpc) is 2.43. The van der Waals surface area contributed by atoms with E-state index in [1.165, 1.54) is 6.26 Å². The lowest BCUT2D eigenvalue weighted by atomic mass is 9.83. The Balaban J connectivity index is 4.00. The van der Waals surface area contributed by atoms with E-state index in [0.717, 1.165) is 6.42 Å². The van der Waals surface area contributed by atoms with Gasteiger partial charge in [0.25, 0.3) is 0 Å². The summed E-state index contributed by atoms with van der Waals surface area (Å²) in [5.74, 6) is -0.303. The highest BCUT2D eigenvalue weighted by atomic mass is 16.6. The number of urea groups is 1. The summed E-state index contributed by atoms with van der Waals surface area (Å²) < 4.78 is 9.66. The van der Waals surface area contributed by atoms with E-state index < -0.39 is 12.0 Å². The van der Waals surface area contributed by atoms with Crippen molar-refractivity contribution in [2.75, 3.05) is 13.2 Å². The van der Waals surface area contributed by atoms with Gasteiger partial charge in [-0.15, -0.1) is 0 Å². The molecule has 6 nitrogen and oxygen atoms in total. The molecular weight excluding hydrogens is 272 g/mol. The Morgan fingerprint density at radius 3 is 2.52 bits per heavy atom. The molecule has 0 saturated heterocycles. The first-order valence-electron chi connectivity index (χ1n) is 6.88. The number of hydrogen-bond acceptors (Lipinski definition) is 4. The first kappa shape index (κ1) is 19.0. The van der Waals surface area contributed by atoms with Gasteiger partial charge in [0, 0.05) is 6.04 Å². The van der Waals surface area contributed by atoms with Crippen molar-refractivity contribution in [2.24, 2.45) is 5.41 Å². The molecule has 21 heavy (non-hydrogen) atoms. The quantitative estimate of drug-likeness (QED) is 0.506. The average molecular weight is 298 g/mol. The topological polar surface area (TPSA) is 76.7 Å². The molecule has 0 radical (unpaired) electrons. The molecule has 0 aromatic heterocycles. The van der Waals surface area contributed by atoms with Crippen molar-refractivity contribution in [3.8, 4) is 0 Å². The second-order valence-corrected chi connectivity index (χ2v) is 5.37. The van der Waals surface area contributed by atoms with Gasteiger partial charge in [0.15, 0.2) is 0 Å². The minimum Gasteiger partial charge on any atom is -0.467 e. The van der Waals surface area contributed by atoms with E-state index in [-0.39, 0.29) is 30.4 Å². The van der Waals surface area contributed by atoms with Gasteiger partial charge in [0.05, 0.1) is 6.26 Å². The summed E-state index contributed by atoms with van der Waals surface area (Å²) in [6.45, 7) is 14.7. The predicted molar refractivity (Wildman–Crippen MR) is 81.4 cm³/mol. The molecule has 0 aromatic carbocycles. The number of carbonyl (C=O) groups is 2. The molecule has 0 aromatic rings. The highest BCUT2D eigenvalue weighted by molar-refractivity contribution is 5.80. The van der Waals surface area contributed by atoms with Gasteiger partial charge in [-0.3, -0.25) is 4.79 Å². The molecule has 0 heterocycles. The van der Waals surface area contributed by atoms with Crippen LogP contribution in [0.5, 0.6) is 0 Å². The molecule has 1 unspecified atom stereocenters. The van der Waals surface area contributed by atoms with E-state index in [0.29, 0.717) is 0 Å². The van der Waals surface area contributed by atoms with Crippen LogP contribution in [0.1, 0.15) is 34.1 Å². The van der Waals surface area contributed by atoms with Crippen LogP contribution in [0.2, 0.25) is 0 Å². The maximum Gasteiger partial charge on any atom is 0.325 e. The van der Waals surface area contributed by atoms with Crippen LogP contribution in [-0.2, 0) is 14.3 Å². The van der Waals surface area contributed by atoms with E-state index >= 15 is 0 Å². The highest BCUT2D eigenvalue weighted by Crippen LogP contribution is 2.24. The lowest BCUT2D eigenvalue weighted by Gasteiger charge is -2.31. The molecule has 1 atom stereocenters. The normalized spacial score (nSPS) is 12.0. The first-order valence-corrected chi connectivity index (χ1v) is 6.88. The third-order valence-corrected chi connectivity index (χ3v) is 3.47. The van der Waals surface area contributed by atoms with Crippen LogP contribution in [0.25, 0.3) is 0 Å². The zero-order valence-corrected chi connectivity index (χ0v) is 13.3. The summed E-state index contributed by atoms with van der Waals surface area (Å²) in [7, 11) is 0. The van der Waals surface area contributed by atoms with Gasteiger partial charge in [-0.2, -0.15) is 0 Å². The maximum absolute atomic E-state index is 11.7. The molecule has 0 aliphatic carbocycles. The zero-order valence-electron chi connectivity index (χ0n) is 13.3. The van der Waals surface area contributed by atoms with Crippen LogP contribution < -0.4 is 10.6 Å². The van der Waals surface area contributed by atoms with E-state index in [1.807, 2.05) is 6.92 Å². The summed E-state index contributed by atoms with van der Waals surface area (Å²) in [4.78, 5) is 23.1. The number of nitrogens with one attached hydrogen (secondary N) is 2. The van der Waals surface area contributed by atoms with Gasteiger partial charge in [-0.05, 0) is 18.8 Å². The van der Waals surface area contributed by atoms with Crippen LogP contribution >= 0.6 is 0 Å². The third-order valence-electron chi connectivity index (χ3n) is 3.47. The minimum atomic E-state index is -0.568. The Morgan fingerprint density at radius 1 is 1.38 bits per heavy atom. The first-order chi connectivity index (χ1) is 9.72. The van der Waals surface area contributed by atoms with Gasteiger partial charge < -0.3 is 20.1 Å². The van der Waals surface area contributed by atoms with Crippen LogP contribution in [0.4, 0.5) is 4.79 Å². The Hall–Kier alpha value is -1.98. The lowest BCUT2D eigenvalue weighted by Crippen LogP contribution is -2.48. The molecule has 2 amide bonds. The van der Waals surface area contributed by atoms with E-state index in [2.05, 4.69) is 44.6 Å². The van der Waals surface area contributed by atoms with Crippen molar-refractivity contribution in [2.45, 2.75) is 40.2 Å². The summed E-state index contributed by atoms with van der Waals surface area (Å²) in [5, 5.41) is 5.25. The fraction of sp³-hybridized carbons (Fsp3) is 0.600. The molecule has 0 saturated carbocycles. The highest BCUT2D eigenvalue weighted by Gasteiger charge is 2.25. The van der Waals surface area contributed by atoms with Crippen LogP contribution in [0.3, 0.4) is 0 Å². The van der Waals surface area contributed by atoms with Gasteiger partial charge >= 0.3 is 12.0 Å². The molecule has 0 fully saturated rings. The Labute approximate surface area is 126 Å². The van der Waals surface area contributed by atoms with Crippen molar-refractivity contribution in [1.29, 1.82) is 0 Å². The van der Waals surface area contributed by atoms with Gasteiger partial charge in [0.1, 0.15) is 18.9 Å². The number of hydrogen-bond donors (Lipinski definition) is 2. The number of rotatable bonds is 9. The number of carbonyl (C=O) groups excluding carboxylic acids is 2. The van der Waals surface area contributed by atoms with Crippen molar-refractivity contribution in [3.63, 3.8) is 0 Å². The van der Waals surface area contributed by atoms with Crippen molar-refractivity contribution in [1.82, 2.24) is 10.6 Å². The SMILES string of the molecule is C=COC(=C)COC(=O)CNC(=O)NC(C)C(C)(C)CC. The monoisotopic (exact) mass is 298 g/mol. The maximum atomic E-state index is 11.7.